The van der Waals surface area contributed by atoms with Crippen molar-refractivity contribution in [3.05, 3.63) is 23.8 Å². The van der Waals surface area contributed by atoms with Gasteiger partial charge in [-0.05, 0) is 56.8 Å². The fourth-order valence-corrected chi connectivity index (χ4v) is 2.74. The highest BCUT2D eigenvalue weighted by atomic mass is 16.5. The Labute approximate surface area is 129 Å². The number of nitrogens with one attached hydrogen (secondary N) is 1. The van der Waals surface area contributed by atoms with Gasteiger partial charge in [-0.25, -0.2) is 0 Å². The molecule has 0 saturated carbocycles. The van der Waals surface area contributed by atoms with Gasteiger partial charge in [-0.15, -0.1) is 0 Å². The number of hydrogen-bond donors (Lipinski definition) is 1. The van der Waals surface area contributed by atoms with Crippen LogP contribution in [0.3, 0.4) is 0 Å². The molecule has 1 aromatic rings. The molecule has 1 fully saturated rings. The monoisotopic (exact) mass is 290 g/mol. The topological polar surface area (TPSA) is 24.5 Å². The van der Waals surface area contributed by atoms with E-state index in [0.29, 0.717) is 5.92 Å². The minimum absolute atomic E-state index is 0.213. The van der Waals surface area contributed by atoms with Gasteiger partial charge in [-0.1, -0.05) is 19.9 Å². The van der Waals surface area contributed by atoms with Crippen molar-refractivity contribution in [3.8, 4) is 5.75 Å². The van der Waals surface area contributed by atoms with E-state index in [0.717, 1.165) is 31.9 Å². The van der Waals surface area contributed by atoms with Crippen LogP contribution in [0.1, 0.15) is 46.1 Å². The zero-order chi connectivity index (χ0) is 15.2. The Balaban J connectivity index is 2.10. The van der Waals surface area contributed by atoms with Crippen LogP contribution in [0.5, 0.6) is 5.75 Å². The molecule has 1 N–H and O–H groups in total. The van der Waals surface area contributed by atoms with Crippen molar-refractivity contribution in [3.63, 3.8) is 0 Å². The zero-order valence-electron chi connectivity index (χ0n) is 14.0. The van der Waals surface area contributed by atoms with E-state index in [1.165, 1.54) is 24.1 Å². The standard InChI is InChI=1S/C18H30N2O/c1-14(2)12-19-13-16-7-8-17(20-9-5-6-10-20)18(11-16)21-15(3)4/h7-8,11,14-15,19H,5-6,9-10,12-13H2,1-4H3. The molecular weight excluding hydrogens is 260 g/mol. The third-order valence-electron chi connectivity index (χ3n) is 3.72. The lowest BCUT2D eigenvalue weighted by Crippen LogP contribution is -2.21. The van der Waals surface area contributed by atoms with Gasteiger partial charge >= 0.3 is 0 Å². The van der Waals surface area contributed by atoms with Crippen LogP contribution in [-0.4, -0.2) is 25.7 Å². The van der Waals surface area contributed by atoms with Crippen LogP contribution in [0, 0.1) is 5.92 Å². The van der Waals surface area contributed by atoms with Crippen LogP contribution in [0.15, 0.2) is 18.2 Å². The van der Waals surface area contributed by atoms with E-state index < -0.39 is 0 Å². The SMILES string of the molecule is CC(C)CNCc1ccc(N2CCCC2)c(OC(C)C)c1. The van der Waals surface area contributed by atoms with E-state index in [4.69, 9.17) is 4.74 Å². The Morgan fingerprint density at radius 2 is 1.86 bits per heavy atom. The van der Waals surface area contributed by atoms with Crippen molar-refractivity contribution in [1.29, 1.82) is 0 Å². The summed E-state index contributed by atoms with van der Waals surface area (Å²) < 4.78 is 6.06. The van der Waals surface area contributed by atoms with Crippen molar-refractivity contribution in [2.24, 2.45) is 5.92 Å². The molecule has 0 bridgehead atoms. The van der Waals surface area contributed by atoms with Crippen LogP contribution >= 0.6 is 0 Å². The quantitative estimate of drug-likeness (QED) is 0.826. The third-order valence-corrected chi connectivity index (χ3v) is 3.72. The summed E-state index contributed by atoms with van der Waals surface area (Å²) in [5.74, 6) is 1.72. The molecular formula is C18H30N2O. The minimum Gasteiger partial charge on any atom is -0.489 e. The summed E-state index contributed by atoms with van der Waals surface area (Å²) in [6.07, 6.45) is 2.79. The van der Waals surface area contributed by atoms with Gasteiger partial charge < -0.3 is 15.0 Å². The maximum absolute atomic E-state index is 6.06. The first kappa shape index (κ1) is 16.2. The number of rotatable bonds is 7. The van der Waals surface area contributed by atoms with Gasteiger partial charge in [0.25, 0.3) is 0 Å². The first-order valence-electron chi connectivity index (χ1n) is 8.31. The summed E-state index contributed by atoms with van der Waals surface area (Å²) in [5, 5.41) is 3.50. The van der Waals surface area contributed by atoms with E-state index in [2.05, 4.69) is 56.1 Å². The predicted octanol–water partition coefficient (Wildman–Crippen LogP) is 3.82. The molecule has 0 aliphatic carbocycles. The van der Waals surface area contributed by atoms with E-state index in [-0.39, 0.29) is 6.10 Å². The average Bonchev–Trinajstić information content (AvgIpc) is 2.91. The Hall–Kier alpha value is -1.22. The zero-order valence-corrected chi connectivity index (χ0v) is 14.0. The van der Waals surface area contributed by atoms with Crippen molar-refractivity contribution in [2.45, 2.75) is 53.2 Å². The maximum atomic E-state index is 6.06. The van der Waals surface area contributed by atoms with E-state index in [1.54, 1.807) is 0 Å². The van der Waals surface area contributed by atoms with Gasteiger partial charge in [-0.2, -0.15) is 0 Å². The fraction of sp³-hybridized carbons (Fsp3) is 0.667. The number of ether oxygens (including phenoxy) is 1. The molecule has 3 heteroatoms. The molecule has 21 heavy (non-hydrogen) atoms. The molecule has 0 spiro atoms. The largest absolute Gasteiger partial charge is 0.489 e. The van der Waals surface area contributed by atoms with Crippen molar-refractivity contribution in [1.82, 2.24) is 5.32 Å². The molecule has 1 aliphatic heterocycles. The smallest absolute Gasteiger partial charge is 0.143 e. The second-order valence-corrected chi connectivity index (χ2v) is 6.69. The molecule has 1 aliphatic rings. The van der Waals surface area contributed by atoms with Crippen molar-refractivity contribution < 1.29 is 4.74 Å². The summed E-state index contributed by atoms with van der Waals surface area (Å²) in [4.78, 5) is 2.45. The predicted molar refractivity (Wildman–Crippen MR) is 90.2 cm³/mol. The van der Waals surface area contributed by atoms with Crippen LogP contribution < -0.4 is 15.0 Å². The van der Waals surface area contributed by atoms with Crippen LogP contribution in [0.2, 0.25) is 0 Å². The van der Waals surface area contributed by atoms with E-state index in [1.807, 2.05) is 0 Å². The lowest BCUT2D eigenvalue weighted by atomic mass is 10.1. The Kier molecular flexibility index (Phi) is 5.92. The molecule has 1 heterocycles. The first-order chi connectivity index (χ1) is 10.1. The molecule has 0 atom stereocenters. The van der Waals surface area contributed by atoms with Crippen LogP contribution in [-0.2, 0) is 6.54 Å². The van der Waals surface area contributed by atoms with Crippen LogP contribution in [0.4, 0.5) is 5.69 Å². The van der Waals surface area contributed by atoms with Gasteiger partial charge in [0.2, 0.25) is 0 Å². The molecule has 2 rings (SSSR count). The van der Waals surface area contributed by atoms with Gasteiger partial charge in [0.15, 0.2) is 0 Å². The van der Waals surface area contributed by atoms with E-state index >= 15 is 0 Å². The number of hydrogen-bond acceptors (Lipinski definition) is 3. The molecule has 0 aromatic heterocycles. The molecule has 1 aromatic carbocycles. The lowest BCUT2D eigenvalue weighted by molar-refractivity contribution is 0.242. The number of nitrogens with zero attached hydrogens (tertiary/aromatic N) is 1. The van der Waals surface area contributed by atoms with Gasteiger partial charge in [0, 0.05) is 19.6 Å². The summed E-state index contributed by atoms with van der Waals surface area (Å²) in [6, 6.07) is 6.67. The van der Waals surface area contributed by atoms with Crippen LogP contribution in [0.25, 0.3) is 0 Å². The average molecular weight is 290 g/mol. The molecule has 0 amide bonds. The van der Waals surface area contributed by atoms with E-state index in [9.17, 15) is 0 Å². The second kappa shape index (κ2) is 7.69. The highest BCUT2D eigenvalue weighted by molar-refractivity contribution is 5.60. The Bertz CT molecular complexity index is 437. The normalized spacial score (nSPS) is 15.2. The molecule has 1 saturated heterocycles. The fourth-order valence-electron chi connectivity index (χ4n) is 2.74. The highest BCUT2D eigenvalue weighted by Gasteiger charge is 2.17. The summed E-state index contributed by atoms with van der Waals surface area (Å²) in [7, 11) is 0. The molecule has 118 valence electrons. The maximum Gasteiger partial charge on any atom is 0.143 e. The van der Waals surface area contributed by atoms with Gasteiger partial charge in [0.1, 0.15) is 5.75 Å². The number of benzene rings is 1. The first-order valence-corrected chi connectivity index (χ1v) is 8.31. The third kappa shape index (κ3) is 4.92. The Morgan fingerprint density at radius 1 is 1.14 bits per heavy atom. The molecule has 0 radical (unpaired) electrons. The summed E-state index contributed by atoms with van der Waals surface area (Å²) in [5.41, 5.74) is 2.56. The minimum atomic E-state index is 0.213. The highest BCUT2D eigenvalue weighted by Crippen LogP contribution is 2.32. The van der Waals surface area contributed by atoms with Gasteiger partial charge in [-0.3, -0.25) is 0 Å². The van der Waals surface area contributed by atoms with Crippen molar-refractivity contribution >= 4 is 5.69 Å². The number of anilines is 1. The lowest BCUT2D eigenvalue weighted by Gasteiger charge is -2.23. The molecule has 3 nitrogen and oxygen atoms in total. The van der Waals surface area contributed by atoms with Crippen molar-refractivity contribution in [2.75, 3.05) is 24.5 Å². The Morgan fingerprint density at radius 3 is 2.48 bits per heavy atom. The van der Waals surface area contributed by atoms with Gasteiger partial charge in [0.05, 0.1) is 11.8 Å². The summed E-state index contributed by atoms with van der Waals surface area (Å²) in [6.45, 7) is 12.9. The second-order valence-electron chi connectivity index (χ2n) is 6.69. The summed E-state index contributed by atoms with van der Waals surface area (Å²) >= 11 is 0. The molecule has 0 unspecified atom stereocenters.